The average molecular weight is 501 g/mol. The topological polar surface area (TPSA) is 94.6 Å². The number of carbonyl (C=O) groups is 1. The molecule has 1 fully saturated rings. The summed E-state index contributed by atoms with van der Waals surface area (Å²) >= 11 is 0. The van der Waals surface area contributed by atoms with Crippen molar-refractivity contribution in [3.8, 4) is 11.5 Å². The number of carbonyl (C=O) groups excluding carboxylic acids is 1. The Balaban J connectivity index is 1.36. The van der Waals surface area contributed by atoms with Gasteiger partial charge in [0.2, 0.25) is 5.91 Å². The quantitative estimate of drug-likeness (QED) is 0.298. The van der Waals surface area contributed by atoms with Gasteiger partial charge in [-0.3, -0.25) is 4.79 Å². The lowest BCUT2D eigenvalue weighted by atomic mass is 10.1. The zero-order valence-corrected chi connectivity index (χ0v) is 19.9. The monoisotopic (exact) mass is 500 g/mol. The van der Waals surface area contributed by atoms with Crippen molar-refractivity contribution in [1.29, 1.82) is 0 Å². The molecule has 0 aliphatic carbocycles. The van der Waals surface area contributed by atoms with Crippen LogP contribution in [0.5, 0.6) is 11.5 Å². The van der Waals surface area contributed by atoms with E-state index >= 15 is 0 Å². The Morgan fingerprint density at radius 1 is 1.16 bits per heavy atom. The summed E-state index contributed by atoms with van der Waals surface area (Å²) in [6.07, 6.45) is 3.33. The first-order valence-corrected chi connectivity index (χ1v) is 11.8. The van der Waals surface area contributed by atoms with Crippen LogP contribution in [0.25, 0.3) is 10.9 Å². The molecule has 0 spiro atoms. The molecular formula is C28H25FN4O4. The molecule has 2 heterocycles. The van der Waals surface area contributed by atoms with Gasteiger partial charge in [0.1, 0.15) is 42.2 Å². The van der Waals surface area contributed by atoms with Crippen LogP contribution in [0.15, 0.2) is 79.6 Å². The Hall–Kier alpha value is -4.50. The number of aromatic nitrogens is 2. The van der Waals surface area contributed by atoms with Crippen LogP contribution in [0.3, 0.4) is 0 Å². The van der Waals surface area contributed by atoms with Crippen molar-refractivity contribution >= 4 is 34.0 Å². The molecule has 1 aliphatic rings. The maximum atomic E-state index is 13.4. The maximum absolute atomic E-state index is 13.4. The molecule has 4 aromatic rings. The van der Waals surface area contributed by atoms with Crippen molar-refractivity contribution in [1.82, 2.24) is 9.97 Å². The van der Waals surface area contributed by atoms with E-state index in [9.17, 15) is 9.18 Å². The highest BCUT2D eigenvalue weighted by molar-refractivity contribution is 6.03. The first kappa shape index (κ1) is 24.2. The van der Waals surface area contributed by atoms with Gasteiger partial charge in [-0.1, -0.05) is 18.7 Å². The summed E-state index contributed by atoms with van der Waals surface area (Å²) in [5, 5.41) is 6.80. The number of rotatable bonds is 9. The van der Waals surface area contributed by atoms with Gasteiger partial charge in [-0.05, 0) is 54.1 Å². The zero-order chi connectivity index (χ0) is 25.6. The lowest BCUT2D eigenvalue weighted by molar-refractivity contribution is -0.111. The fourth-order valence-electron chi connectivity index (χ4n) is 3.91. The van der Waals surface area contributed by atoms with E-state index in [-0.39, 0.29) is 24.4 Å². The molecular weight excluding hydrogens is 475 g/mol. The summed E-state index contributed by atoms with van der Waals surface area (Å²) in [7, 11) is 0. The van der Waals surface area contributed by atoms with Crippen molar-refractivity contribution in [3.05, 3.63) is 91.0 Å². The van der Waals surface area contributed by atoms with E-state index < -0.39 is 0 Å². The van der Waals surface area contributed by atoms with Crippen molar-refractivity contribution in [2.45, 2.75) is 19.1 Å². The normalized spacial score (nSPS) is 14.8. The largest absolute Gasteiger partial charge is 0.489 e. The molecule has 9 heteroatoms. The van der Waals surface area contributed by atoms with Crippen LogP contribution in [0, 0.1) is 5.82 Å². The highest BCUT2D eigenvalue weighted by Crippen LogP contribution is 2.35. The van der Waals surface area contributed by atoms with Crippen LogP contribution in [0.1, 0.15) is 12.0 Å². The fraction of sp³-hybridized carbons (Fsp3) is 0.179. The van der Waals surface area contributed by atoms with Crippen molar-refractivity contribution in [3.63, 3.8) is 0 Å². The van der Waals surface area contributed by atoms with Crippen LogP contribution in [0.4, 0.5) is 21.6 Å². The van der Waals surface area contributed by atoms with Gasteiger partial charge in [0.05, 0.1) is 24.4 Å². The second-order valence-electron chi connectivity index (χ2n) is 8.45. The standard InChI is InChI=1S/C28H25FN4O4/c1-2-27(34)33-25-13-23-24(14-26(25)37-22-10-11-35-16-22)30-17-31-28(23)32-20-6-8-21(9-7-20)36-15-18-4-3-5-19(29)12-18/h2-9,12-14,17,22H,1,10-11,15-16H2,(H,33,34)(H,30,31,32)/t22-/m1/s1. The van der Waals surface area contributed by atoms with Gasteiger partial charge in [-0.2, -0.15) is 0 Å². The summed E-state index contributed by atoms with van der Waals surface area (Å²) in [6, 6.07) is 17.2. The highest BCUT2D eigenvalue weighted by atomic mass is 19.1. The number of ether oxygens (including phenoxy) is 3. The summed E-state index contributed by atoms with van der Waals surface area (Å²) in [5.74, 6) is 1.06. The number of hydrogen-bond acceptors (Lipinski definition) is 7. The minimum Gasteiger partial charge on any atom is -0.489 e. The van der Waals surface area contributed by atoms with Gasteiger partial charge in [0.15, 0.2) is 0 Å². The second-order valence-corrected chi connectivity index (χ2v) is 8.45. The Kier molecular flexibility index (Phi) is 7.23. The third kappa shape index (κ3) is 6.02. The SMILES string of the molecule is C=CC(=O)Nc1cc2c(Nc3ccc(OCc4cccc(F)c4)cc3)ncnc2cc1O[C@@H]1CCOC1. The molecule has 1 aromatic heterocycles. The summed E-state index contributed by atoms with van der Waals surface area (Å²) in [5.41, 5.74) is 2.66. The van der Waals surface area contributed by atoms with E-state index in [0.717, 1.165) is 17.7 Å². The third-order valence-electron chi connectivity index (χ3n) is 5.77. The Labute approximate surface area is 213 Å². The van der Waals surface area contributed by atoms with E-state index in [4.69, 9.17) is 14.2 Å². The first-order valence-electron chi connectivity index (χ1n) is 11.8. The number of nitrogens with one attached hydrogen (secondary N) is 2. The number of nitrogens with zero attached hydrogens (tertiary/aromatic N) is 2. The highest BCUT2D eigenvalue weighted by Gasteiger charge is 2.20. The molecule has 0 bridgehead atoms. The molecule has 1 atom stereocenters. The minimum absolute atomic E-state index is 0.0992. The Morgan fingerprint density at radius 2 is 2.03 bits per heavy atom. The fourth-order valence-corrected chi connectivity index (χ4v) is 3.91. The summed E-state index contributed by atoms with van der Waals surface area (Å²) in [6.45, 7) is 4.92. The molecule has 1 amide bonds. The smallest absolute Gasteiger partial charge is 0.247 e. The van der Waals surface area contributed by atoms with Crippen molar-refractivity contribution in [2.75, 3.05) is 23.8 Å². The predicted molar refractivity (Wildman–Crippen MR) is 139 cm³/mol. The van der Waals surface area contributed by atoms with E-state index in [1.807, 2.05) is 30.3 Å². The van der Waals surface area contributed by atoms with E-state index in [1.165, 1.54) is 24.5 Å². The minimum atomic E-state index is -0.355. The number of anilines is 3. The number of fused-ring (bicyclic) bond motifs is 1. The van der Waals surface area contributed by atoms with Crippen LogP contribution in [-0.2, 0) is 16.1 Å². The van der Waals surface area contributed by atoms with Crippen LogP contribution in [0.2, 0.25) is 0 Å². The average Bonchev–Trinajstić information content (AvgIpc) is 3.42. The maximum Gasteiger partial charge on any atom is 0.247 e. The van der Waals surface area contributed by atoms with Crippen LogP contribution >= 0.6 is 0 Å². The molecule has 37 heavy (non-hydrogen) atoms. The Bertz CT molecular complexity index is 1420. The number of hydrogen-bond donors (Lipinski definition) is 2. The van der Waals surface area contributed by atoms with Gasteiger partial charge in [-0.15, -0.1) is 0 Å². The van der Waals surface area contributed by atoms with Gasteiger partial charge in [0, 0.05) is 23.6 Å². The summed E-state index contributed by atoms with van der Waals surface area (Å²) in [4.78, 5) is 20.9. The third-order valence-corrected chi connectivity index (χ3v) is 5.77. The molecule has 2 N–H and O–H groups in total. The van der Waals surface area contributed by atoms with Gasteiger partial charge < -0.3 is 24.8 Å². The van der Waals surface area contributed by atoms with Gasteiger partial charge in [0.25, 0.3) is 0 Å². The molecule has 3 aromatic carbocycles. The predicted octanol–water partition coefficient (Wildman–Crippen LogP) is 5.38. The van der Waals surface area contributed by atoms with Crippen LogP contribution in [-0.4, -0.2) is 35.2 Å². The molecule has 0 unspecified atom stereocenters. The lowest BCUT2D eigenvalue weighted by Gasteiger charge is -2.17. The summed E-state index contributed by atoms with van der Waals surface area (Å²) < 4.78 is 30.6. The van der Waals surface area contributed by atoms with Crippen molar-refractivity contribution in [2.24, 2.45) is 0 Å². The second kappa shape index (κ2) is 11.0. The zero-order valence-electron chi connectivity index (χ0n) is 19.9. The first-order chi connectivity index (χ1) is 18.1. The van der Waals surface area contributed by atoms with Crippen molar-refractivity contribution < 1.29 is 23.4 Å². The van der Waals surface area contributed by atoms with E-state index in [0.29, 0.717) is 47.1 Å². The lowest BCUT2D eigenvalue weighted by Crippen LogP contribution is -2.18. The van der Waals surface area contributed by atoms with Crippen LogP contribution < -0.4 is 20.1 Å². The Morgan fingerprint density at radius 3 is 2.78 bits per heavy atom. The molecule has 0 radical (unpaired) electrons. The van der Waals surface area contributed by atoms with Gasteiger partial charge >= 0.3 is 0 Å². The van der Waals surface area contributed by atoms with E-state index in [1.54, 1.807) is 18.2 Å². The molecule has 1 saturated heterocycles. The number of amides is 1. The molecule has 0 saturated carbocycles. The molecule has 8 nitrogen and oxygen atoms in total. The number of benzene rings is 3. The molecule has 5 rings (SSSR count). The number of halogens is 1. The molecule has 188 valence electrons. The van der Waals surface area contributed by atoms with Gasteiger partial charge in [-0.25, -0.2) is 14.4 Å². The molecule has 1 aliphatic heterocycles. The van der Waals surface area contributed by atoms with E-state index in [2.05, 4.69) is 27.2 Å².